The van der Waals surface area contributed by atoms with E-state index in [0.717, 1.165) is 45.8 Å². The Labute approximate surface area is 118 Å². The summed E-state index contributed by atoms with van der Waals surface area (Å²) in [6.45, 7) is 8.02. The van der Waals surface area contributed by atoms with E-state index in [0.29, 0.717) is 0 Å². The smallest absolute Gasteiger partial charge is 0.0466 e. The Morgan fingerprint density at radius 3 is 2.63 bits per heavy atom. The first-order chi connectivity index (χ1) is 9.33. The minimum atomic E-state index is 0.831. The molecule has 0 aromatic heterocycles. The molecule has 1 N–H and O–H groups in total. The summed E-state index contributed by atoms with van der Waals surface area (Å²) in [6, 6.07) is 10.6. The van der Waals surface area contributed by atoms with Crippen LogP contribution >= 0.6 is 0 Å². The predicted octanol–water partition coefficient (Wildman–Crippen LogP) is 2.52. The van der Waals surface area contributed by atoms with E-state index < -0.39 is 0 Å². The maximum absolute atomic E-state index is 5.31. The Morgan fingerprint density at radius 1 is 1.11 bits per heavy atom. The lowest BCUT2D eigenvalue weighted by Gasteiger charge is -2.17. The van der Waals surface area contributed by atoms with Gasteiger partial charge in [0.1, 0.15) is 0 Å². The van der Waals surface area contributed by atoms with E-state index in [1.807, 2.05) is 6.92 Å². The second-order valence-corrected chi connectivity index (χ2v) is 4.88. The van der Waals surface area contributed by atoms with Crippen LogP contribution < -0.4 is 5.32 Å². The van der Waals surface area contributed by atoms with E-state index in [-0.39, 0.29) is 0 Å². The summed E-state index contributed by atoms with van der Waals surface area (Å²) < 4.78 is 5.31. The first-order valence-corrected chi connectivity index (χ1v) is 7.34. The lowest BCUT2D eigenvalue weighted by molar-refractivity contribution is 0.143. The van der Waals surface area contributed by atoms with Crippen molar-refractivity contribution in [2.75, 3.05) is 39.9 Å². The molecule has 0 bridgehead atoms. The van der Waals surface area contributed by atoms with Gasteiger partial charge in [-0.25, -0.2) is 0 Å². The fraction of sp³-hybridized carbons (Fsp3) is 0.625. The van der Waals surface area contributed by atoms with E-state index >= 15 is 0 Å². The van der Waals surface area contributed by atoms with Crippen LogP contribution in [0, 0.1) is 0 Å². The molecule has 1 aromatic rings. The lowest BCUT2D eigenvalue weighted by Crippen LogP contribution is -2.29. The highest BCUT2D eigenvalue weighted by molar-refractivity contribution is 5.14. The van der Waals surface area contributed by atoms with Gasteiger partial charge < -0.3 is 15.0 Å². The minimum Gasteiger partial charge on any atom is -0.382 e. The molecule has 0 spiro atoms. The van der Waals surface area contributed by atoms with Gasteiger partial charge in [-0.1, -0.05) is 30.3 Å². The number of nitrogens with one attached hydrogen (secondary N) is 1. The van der Waals surface area contributed by atoms with Gasteiger partial charge in [0.25, 0.3) is 0 Å². The van der Waals surface area contributed by atoms with Crippen molar-refractivity contribution in [1.82, 2.24) is 10.2 Å². The highest BCUT2D eigenvalue weighted by Crippen LogP contribution is 2.01. The molecule has 0 saturated heterocycles. The largest absolute Gasteiger partial charge is 0.382 e. The predicted molar refractivity (Wildman–Crippen MR) is 81.4 cm³/mol. The standard InChI is InChI=1S/C16H28N2O/c1-3-19-14-8-7-11-17-12-13-18(2)15-16-9-5-4-6-10-16/h4-6,9-10,17H,3,7-8,11-15H2,1-2H3. The normalized spacial score (nSPS) is 11.1. The van der Waals surface area contributed by atoms with Crippen LogP contribution in [-0.4, -0.2) is 44.8 Å². The number of benzene rings is 1. The molecule has 19 heavy (non-hydrogen) atoms. The summed E-state index contributed by atoms with van der Waals surface area (Å²) in [5.74, 6) is 0. The zero-order valence-corrected chi connectivity index (χ0v) is 12.4. The molecule has 0 aliphatic carbocycles. The third-order valence-electron chi connectivity index (χ3n) is 3.06. The van der Waals surface area contributed by atoms with Crippen molar-refractivity contribution in [3.8, 4) is 0 Å². The molecule has 0 amide bonds. The minimum absolute atomic E-state index is 0.831. The van der Waals surface area contributed by atoms with Crippen LogP contribution in [0.5, 0.6) is 0 Å². The first kappa shape index (κ1) is 16.2. The average molecular weight is 264 g/mol. The molecule has 108 valence electrons. The molecule has 3 heteroatoms. The number of ether oxygens (including phenoxy) is 1. The maximum atomic E-state index is 5.31. The van der Waals surface area contributed by atoms with E-state index in [4.69, 9.17) is 4.74 Å². The maximum Gasteiger partial charge on any atom is 0.0466 e. The zero-order chi connectivity index (χ0) is 13.8. The summed E-state index contributed by atoms with van der Waals surface area (Å²) in [6.07, 6.45) is 2.35. The summed E-state index contributed by atoms with van der Waals surface area (Å²) in [5.41, 5.74) is 1.38. The molecular weight excluding hydrogens is 236 g/mol. The Morgan fingerprint density at radius 2 is 1.89 bits per heavy atom. The van der Waals surface area contributed by atoms with Gasteiger partial charge in [-0.15, -0.1) is 0 Å². The van der Waals surface area contributed by atoms with Gasteiger partial charge in [-0.3, -0.25) is 0 Å². The van der Waals surface area contributed by atoms with Crippen LogP contribution in [0.2, 0.25) is 0 Å². The van der Waals surface area contributed by atoms with Crippen LogP contribution in [-0.2, 0) is 11.3 Å². The van der Waals surface area contributed by atoms with E-state index in [1.54, 1.807) is 0 Å². The highest BCUT2D eigenvalue weighted by atomic mass is 16.5. The molecule has 0 fully saturated rings. The van der Waals surface area contributed by atoms with Crippen molar-refractivity contribution in [1.29, 1.82) is 0 Å². The van der Waals surface area contributed by atoms with Crippen molar-refractivity contribution < 1.29 is 4.74 Å². The van der Waals surface area contributed by atoms with Crippen molar-refractivity contribution >= 4 is 0 Å². The molecule has 0 aliphatic rings. The molecule has 3 nitrogen and oxygen atoms in total. The molecule has 0 heterocycles. The van der Waals surface area contributed by atoms with Crippen LogP contribution in [0.3, 0.4) is 0 Å². The molecule has 0 aliphatic heterocycles. The summed E-state index contributed by atoms with van der Waals surface area (Å²) in [4.78, 5) is 2.35. The number of hydrogen-bond acceptors (Lipinski definition) is 3. The van der Waals surface area contributed by atoms with Gasteiger partial charge in [-0.2, -0.15) is 0 Å². The fourth-order valence-electron chi connectivity index (χ4n) is 1.97. The molecule has 0 saturated carbocycles. The SMILES string of the molecule is CCOCCCCNCCN(C)Cc1ccccc1. The Bertz CT molecular complexity index is 303. The van der Waals surface area contributed by atoms with Crippen molar-refractivity contribution in [3.05, 3.63) is 35.9 Å². The number of hydrogen-bond donors (Lipinski definition) is 1. The van der Waals surface area contributed by atoms with E-state index in [1.165, 1.54) is 12.0 Å². The molecule has 1 aromatic carbocycles. The van der Waals surface area contributed by atoms with Crippen molar-refractivity contribution in [3.63, 3.8) is 0 Å². The van der Waals surface area contributed by atoms with Crippen molar-refractivity contribution in [2.24, 2.45) is 0 Å². The van der Waals surface area contributed by atoms with Crippen molar-refractivity contribution in [2.45, 2.75) is 26.3 Å². The topological polar surface area (TPSA) is 24.5 Å². The van der Waals surface area contributed by atoms with E-state index in [9.17, 15) is 0 Å². The third-order valence-corrected chi connectivity index (χ3v) is 3.06. The lowest BCUT2D eigenvalue weighted by atomic mass is 10.2. The summed E-state index contributed by atoms with van der Waals surface area (Å²) in [5, 5.41) is 3.48. The first-order valence-electron chi connectivity index (χ1n) is 7.34. The highest BCUT2D eigenvalue weighted by Gasteiger charge is 1.99. The Balaban J connectivity index is 1.94. The van der Waals surface area contributed by atoms with Crippen LogP contribution in [0.15, 0.2) is 30.3 Å². The Kier molecular flexibility index (Phi) is 9.33. The monoisotopic (exact) mass is 264 g/mol. The van der Waals surface area contributed by atoms with E-state index in [2.05, 4.69) is 47.6 Å². The molecule has 0 unspecified atom stereocenters. The number of likely N-dealkylation sites (N-methyl/N-ethyl adjacent to an activating group) is 1. The second-order valence-electron chi connectivity index (χ2n) is 4.88. The van der Waals surface area contributed by atoms with Gasteiger partial charge >= 0.3 is 0 Å². The fourth-order valence-corrected chi connectivity index (χ4v) is 1.97. The van der Waals surface area contributed by atoms with Gasteiger partial charge in [0.2, 0.25) is 0 Å². The molecule has 0 radical (unpaired) electrons. The second kappa shape index (κ2) is 11.0. The molecule has 1 rings (SSSR count). The van der Waals surface area contributed by atoms with Gasteiger partial charge in [0.15, 0.2) is 0 Å². The molecule has 0 atom stereocenters. The molecular formula is C16H28N2O. The van der Waals surface area contributed by atoms with Crippen LogP contribution in [0.4, 0.5) is 0 Å². The van der Waals surface area contributed by atoms with Gasteiger partial charge in [0.05, 0.1) is 0 Å². The number of rotatable bonds is 11. The Hall–Kier alpha value is -0.900. The van der Waals surface area contributed by atoms with Crippen LogP contribution in [0.25, 0.3) is 0 Å². The number of nitrogens with zero attached hydrogens (tertiary/aromatic N) is 1. The third kappa shape index (κ3) is 8.76. The number of unbranched alkanes of at least 4 members (excludes halogenated alkanes) is 1. The zero-order valence-electron chi connectivity index (χ0n) is 12.4. The summed E-state index contributed by atoms with van der Waals surface area (Å²) >= 11 is 0. The van der Waals surface area contributed by atoms with Crippen LogP contribution in [0.1, 0.15) is 25.3 Å². The summed E-state index contributed by atoms with van der Waals surface area (Å²) in [7, 11) is 2.17. The van der Waals surface area contributed by atoms with Gasteiger partial charge in [-0.05, 0) is 38.9 Å². The van der Waals surface area contributed by atoms with Gasteiger partial charge in [0, 0.05) is 32.8 Å². The average Bonchev–Trinajstić information content (AvgIpc) is 2.43. The quantitative estimate of drug-likeness (QED) is 0.622.